The van der Waals surface area contributed by atoms with Gasteiger partial charge in [0.2, 0.25) is 0 Å². The molecule has 2 heteroatoms. The summed E-state index contributed by atoms with van der Waals surface area (Å²) in [4.78, 5) is 2.54. The van der Waals surface area contributed by atoms with Crippen molar-refractivity contribution >= 4 is 0 Å². The summed E-state index contributed by atoms with van der Waals surface area (Å²) in [5.41, 5.74) is 0.461. The molecule has 1 fully saturated rings. The van der Waals surface area contributed by atoms with Gasteiger partial charge in [0.25, 0.3) is 0 Å². The number of nitrogens with zero attached hydrogens (tertiary/aromatic N) is 2. The van der Waals surface area contributed by atoms with Gasteiger partial charge in [-0.3, -0.25) is 0 Å². The monoisotopic (exact) mass is 222 g/mol. The molecule has 0 bridgehead atoms. The van der Waals surface area contributed by atoms with E-state index >= 15 is 0 Å². The average molecular weight is 222 g/mol. The molecule has 0 amide bonds. The fraction of sp³-hybridized carbons (Fsp3) is 0.929. The van der Waals surface area contributed by atoms with Gasteiger partial charge in [-0.2, -0.15) is 5.26 Å². The Hall–Kier alpha value is -0.550. The Bertz CT molecular complexity index is 234. The predicted octanol–water partition coefficient (Wildman–Crippen LogP) is 3.44. The van der Waals surface area contributed by atoms with Crippen molar-refractivity contribution in [2.45, 2.75) is 52.9 Å². The molecule has 1 unspecified atom stereocenters. The standard InChI is InChI=1S/C14H26N2/c1-14(2,3)13-7-6-11-16(12-8-13)10-5-4-9-15/h13H,4-8,10-12H2,1-3H3. The smallest absolute Gasteiger partial charge is 0.0622 e. The molecule has 2 nitrogen and oxygen atoms in total. The zero-order valence-electron chi connectivity index (χ0n) is 11.1. The Balaban J connectivity index is 2.32. The lowest BCUT2D eigenvalue weighted by atomic mass is 9.77. The van der Waals surface area contributed by atoms with Crippen LogP contribution in [0.5, 0.6) is 0 Å². The Morgan fingerprint density at radius 1 is 1.25 bits per heavy atom. The Labute approximate surface area is 101 Å². The minimum Gasteiger partial charge on any atom is -0.303 e. The van der Waals surface area contributed by atoms with Crippen molar-refractivity contribution in [3.05, 3.63) is 0 Å². The molecule has 0 N–H and O–H groups in total. The summed E-state index contributed by atoms with van der Waals surface area (Å²) < 4.78 is 0. The molecular weight excluding hydrogens is 196 g/mol. The van der Waals surface area contributed by atoms with Gasteiger partial charge in [-0.05, 0) is 56.7 Å². The molecule has 1 heterocycles. The Kier molecular flexibility index (Phi) is 5.28. The van der Waals surface area contributed by atoms with E-state index < -0.39 is 0 Å². The third-order valence-corrected chi connectivity index (χ3v) is 3.81. The molecule has 1 aliphatic heterocycles. The first-order valence-electron chi connectivity index (χ1n) is 6.63. The molecule has 92 valence electrons. The van der Waals surface area contributed by atoms with Crippen LogP contribution in [0.1, 0.15) is 52.9 Å². The highest BCUT2D eigenvalue weighted by atomic mass is 15.1. The summed E-state index contributed by atoms with van der Waals surface area (Å²) in [6.45, 7) is 10.7. The van der Waals surface area contributed by atoms with Crippen LogP contribution >= 0.6 is 0 Å². The van der Waals surface area contributed by atoms with Crippen LogP contribution in [0.15, 0.2) is 0 Å². The fourth-order valence-corrected chi connectivity index (χ4v) is 2.63. The van der Waals surface area contributed by atoms with Crippen molar-refractivity contribution < 1.29 is 0 Å². The van der Waals surface area contributed by atoms with E-state index in [2.05, 4.69) is 31.7 Å². The van der Waals surface area contributed by atoms with E-state index in [0.717, 1.165) is 18.9 Å². The largest absolute Gasteiger partial charge is 0.303 e. The van der Waals surface area contributed by atoms with Gasteiger partial charge >= 0.3 is 0 Å². The molecule has 0 aromatic carbocycles. The highest BCUT2D eigenvalue weighted by Crippen LogP contribution is 2.34. The van der Waals surface area contributed by atoms with Gasteiger partial charge in [0.1, 0.15) is 0 Å². The summed E-state index contributed by atoms with van der Waals surface area (Å²) in [7, 11) is 0. The third kappa shape index (κ3) is 4.53. The van der Waals surface area contributed by atoms with E-state index in [1.54, 1.807) is 0 Å². The van der Waals surface area contributed by atoms with Crippen molar-refractivity contribution in [1.29, 1.82) is 5.26 Å². The number of hydrogen-bond donors (Lipinski definition) is 0. The first-order chi connectivity index (χ1) is 7.54. The number of nitriles is 1. The molecule has 0 aromatic heterocycles. The summed E-state index contributed by atoms with van der Waals surface area (Å²) in [6.07, 6.45) is 5.78. The molecule has 0 radical (unpaired) electrons. The Morgan fingerprint density at radius 2 is 2.00 bits per heavy atom. The van der Waals surface area contributed by atoms with E-state index in [-0.39, 0.29) is 0 Å². The maximum absolute atomic E-state index is 8.53. The topological polar surface area (TPSA) is 27.0 Å². The van der Waals surface area contributed by atoms with Crippen molar-refractivity contribution in [2.75, 3.05) is 19.6 Å². The summed E-state index contributed by atoms with van der Waals surface area (Å²) in [6, 6.07) is 2.23. The van der Waals surface area contributed by atoms with Crippen LogP contribution in [0.25, 0.3) is 0 Å². The predicted molar refractivity (Wildman–Crippen MR) is 68.1 cm³/mol. The molecule has 1 aliphatic rings. The van der Waals surface area contributed by atoms with Crippen molar-refractivity contribution in [3.8, 4) is 6.07 Å². The first-order valence-corrected chi connectivity index (χ1v) is 6.63. The number of likely N-dealkylation sites (tertiary alicyclic amines) is 1. The van der Waals surface area contributed by atoms with Crippen LogP contribution in [-0.4, -0.2) is 24.5 Å². The van der Waals surface area contributed by atoms with Gasteiger partial charge < -0.3 is 4.90 Å². The van der Waals surface area contributed by atoms with Gasteiger partial charge in [-0.1, -0.05) is 20.8 Å². The van der Waals surface area contributed by atoms with Gasteiger partial charge in [0.15, 0.2) is 0 Å². The lowest BCUT2D eigenvalue weighted by molar-refractivity contribution is 0.208. The summed E-state index contributed by atoms with van der Waals surface area (Å²) in [5.74, 6) is 0.869. The van der Waals surface area contributed by atoms with Crippen molar-refractivity contribution in [2.24, 2.45) is 11.3 Å². The highest BCUT2D eigenvalue weighted by Gasteiger charge is 2.26. The summed E-state index contributed by atoms with van der Waals surface area (Å²) >= 11 is 0. The maximum Gasteiger partial charge on any atom is 0.0622 e. The zero-order valence-corrected chi connectivity index (χ0v) is 11.1. The molecule has 1 saturated heterocycles. The number of hydrogen-bond acceptors (Lipinski definition) is 2. The lowest BCUT2D eigenvalue weighted by Gasteiger charge is -2.29. The van der Waals surface area contributed by atoms with Crippen LogP contribution in [0.2, 0.25) is 0 Å². The maximum atomic E-state index is 8.53. The quantitative estimate of drug-likeness (QED) is 0.684. The van der Waals surface area contributed by atoms with Crippen LogP contribution in [0.4, 0.5) is 0 Å². The van der Waals surface area contributed by atoms with Gasteiger partial charge in [0.05, 0.1) is 6.07 Å². The molecule has 0 aliphatic carbocycles. The minimum atomic E-state index is 0.461. The zero-order chi connectivity index (χ0) is 12.0. The molecule has 1 rings (SSSR count). The SMILES string of the molecule is CC(C)(C)C1CCCN(CCCC#N)CC1. The van der Waals surface area contributed by atoms with Gasteiger partial charge in [-0.15, -0.1) is 0 Å². The molecule has 0 spiro atoms. The third-order valence-electron chi connectivity index (χ3n) is 3.81. The van der Waals surface area contributed by atoms with E-state index in [0.29, 0.717) is 11.8 Å². The normalized spacial score (nSPS) is 23.8. The van der Waals surface area contributed by atoms with E-state index in [4.69, 9.17) is 5.26 Å². The second kappa shape index (κ2) is 6.25. The van der Waals surface area contributed by atoms with Gasteiger partial charge in [0, 0.05) is 6.42 Å². The van der Waals surface area contributed by atoms with Crippen LogP contribution in [-0.2, 0) is 0 Å². The second-order valence-corrected chi connectivity index (χ2v) is 6.10. The molecule has 16 heavy (non-hydrogen) atoms. The van der Waals surface area contributed by atoms with Crippen molar-refractivity contribution in [1.82, 2.24) is 4.90 Å². The average Bonchev–Trinajstić information content (AvgIpc) is 2.43. The van der Waals surface area contributed by atoms with Crippen LogP contribution in [0.3, 0.4) is 0 Å². The van der Waals surface area contributed by atoms with Gasteiger partial charge in [-0.25, -0.2) is 0 Å². The van der Waals surface area contributed by atoms with Crippen molar-refractivity contribution in [3.63, 3.8) is 0 Å². The second-order valence-electron chi connectivity index (χ2n) is 6.10. The van der Waals surface area contributed by atoms with E-state index in [1.165, 1.54) is 32.4 Å². The lowest BCUT2D eigenvalue weighted by Crippen LogP contribution is -2.27. The van der Waals surface area contributed by atoms with Crippen LogP contribution < -0.4 is 0 Å². The van der Waals surface area contributed by atoms with Crippen LogP contribution in [0, 0.1) is 22.7 Å². The Morgan fingerprint density at radius 3 is 2.62 bits per heavy atom. The number of rotatable bonds is 3. The molecule has 0 saturated carbocycles. The van der Waals surface area contributed by atoms with E-state index in [9.17, 15) is 0 Å². The fourth-order valence-electron chi connectivity index (χ4n) is 2.63. The van der Waals surface area contributed by atoms with E-state index in [1.807, 2.05) is 0 Å². The molecule has 0 aromatic rings. The summed E-state index contributed by atoms with van der Waals surface area (Å²) in [5, 5.41) is 8.53. The number of unbranched alkanes of at least 4 members (excludes halogenated alkanes) is 1. The highest BCUT2D eigenvalue weighted by molar-refractivity contribution is 4.79. The first kappa shape index (κ1) is 13.5. The molecule has 1 atom stereocenters. The molecular formula is C14H26N2. The minimum absolute atomic E-state index is 0.461.